The van der Waals surface area contributed by atoms with E-state index in [2.05, 4.69) is 57.8 Å². The summed E-state index contributed by atoms with van der Waals surface area (Å²) in [6.45, 7) is 10.6. The minimum Gasteiger partial charge on any atom is -0.443 e. The highest BCUT2D eigenvalue weighted by Crippen LogP contribution is 2.43. The highest BCUT2D eigenvalue weighted by atomic mass is 79.9. The first kappa shape index (κ1) is 16.8. The van der Waals surface area contributed by atoms with Gasteiger partial charge in [-0.2, -0.15) is 0 Å². The zero-order valence-corrected chi connectivity index (χ0v) is 16.3. The van der Waals surface area contributed by atoms with Crippen molar-refractivity contribution in [3.05, 3.63) is 27.7 Å². The van der Waals surface area contributed by atoms with Gasteiger partial charge in [0.15, 0.2) is 0 Å². The van der Waals surface area contributed by atoms with Crippen molar-refractivity contribution in [2.24, 2.45) is 0 Å². The molecule has 0 saturated heterocycles. The Hall–Kier alpha value is -0.550. The number of fused-ring (bicyclic) bond motifs is 1. The molecule has 0 bridgehead atoms. The van der Waals surface area contributed by atoms with Gasteiger partial charge in [0.25, 0.3) is 0 Å². The Morgan fingerprint density at radius 3 is 2.52 bits per heavy atom. The van der Waals surface area contributed by atoms with Crippen LogP contribution in [0.25, 0.3) is 0 Å². The third-order valence-electron chi connectivity index (χ3n) is 3.50. The molecule has 2 rings (SSSR count). The van der Waals surface area contributed by atoms with Crippen LogP contribution in [0.3, 0.4) is 0 Å². The molecule has 0 spiro atoms. The van der Waals surface area contributed by atoms with Crippen LogP contribution in [0.4, 0.5) is 10.5 Å². The second-order valence-electron chi connectivity index (χ2n) is 7.04. The third kappa shape index (κ3) is 3.45. The van der Waals surface area contributed by atoms with Gasteiger partial charge in [0.05, 0.1) is 5.69 Å². The topological polar surface area (TPSA) is 29.5 Å². The fraction of sp³-hybridized carbons (Fsp3) is 0.562. The van der Waals surface area contributed by atoms with Crippen molar-refractivity contribution in [1.29, 1.82) is 0 Å². The number of halogens is 2. The zero-order chi connectivity index (χ0) is 16.0. The average Bonchev–Trinajstić information content (AvgIpc) is 2.58. The second-order valence-corrected chi connectivity index (χ2v) is 8.46. The molecule has 1 aromatic carbocycles. The van der Waals surface area contributed by atoms with E-state index in [0.29, 0.717) is 6.54 Å². The quantitative estimate of drug-likeness (QED) is 0.573. The fourth-order valence-electron chi connectivity index (χ4n) is 2.52. The first-order valence-electron chi connectivity index (χ1n) is 6.94. The van der Waals surface area contributed by atoms with E-state index in [1.807, 2.05) is 20.8 Å². The van der Waals surface area contributed by atoms with E-state index in [4.69, 9.17) is 4.74 Å². The van der Waals surface area contributed by atoms with Crippen molar-refractivity contribution >= 4 is 43.6 Å². The van der Waals surface area contributed by atoms with Crippen molar-refractivity contribution < 1.29 is 9.53 Å². The SMILES string of the molecule is CC(C)(C)OC(=O)N1CC(C)(C)c2cc(Br)c(CBr)cc21. The summed E-state index contributed by atoms with van der Waals surface area (Å²) in [4.78, 5) is 14.2. The fourth-order valence-corrected chi connectivity index (χ4v) is 3.84. The second kappa shape index (κ2) is 5.58. The summed E-state index contributed by atoms with van der Waals surface area (Å²) in [5.74, 6) is 0. The number of amides is 1. The van der Waals surface area contributed by atoms with Crippen molar-refractivity contribution in [2.75, 3.05) is 11.4 Å². The number of hydrogen-bond donors (Lipinski definition) is 0. The van der Waals surface area contributed by atoms with E-state index >= 15 is 0 Å². The first-order valence-corrected chi connectivity index (χ1v) is 8.86. The predicted octanol–water partition coefficient (Wildman–Crippen LogP) is 5.38. The van der Waals surface area contributed by atoms with Gasteiger partial charge in [0.1, 0.15) is 5.60 Å². The molecule has 0 atom stereocenters. The van der Waals surface area contributed by atoms with Gasteiger partial charge in [0.2, 0.25) is 0 Å². The van der Waals surface area contributed by atoms with Gasteiger partial charge in [-0.25, -0.2) is 4.79 Å². The van der Waals surface area contributed by atoms with Gasteiger partial charge < -0.3 is 4.74 Å². The highest BCUT2D eigenvalue weighted by Gasteiger charge is 2.40. The lowest BCUT2D eigenvalue weighted by atomic mass is 9.87. The Morgan fingerprint density at radius 2 is 2.00 bits per heavy atom. The largest absolute Gasteiger partial charge is 0.443 e. The van der Waals surface area contributed by atoms with Gasteiger partial charge >= 0.3 is 6.09 Å². The van der Waals surface area contributed by atoms with Crippen LogP contribution in [0.1, 0.15) is 45.7 Å². The number of carbonyl (C=O) groups is 1. The van der Waals surface area contributed by atoms with Crippen LogP contribution in [-0.2, 0) is 15.5 Å². The zero-order valence-electron chi connectivity index (χ0n) is 13.1. The molecule has 0 aromatic heterocycles. The van der Waals surface area contributed by atoms with E-state index in [9.17, 15) is 4.79 Å². The molecule has 0 aliphatic carbocycles. The van der Waals surface area contributed by atoms with Crippen molar-refractivity contribution in [2.45, 2.75) is 51.0 Å². The Morgan fingerprint density at radius 1 is 1.38 bits per heavy atom. The average molecular weight is 419 g/mol. The van der Waals surface area contributed by atoms with Crippen molar-refractivity contribution in [1.82, 2.24) is 0 Å². The summed E-state index contributed by atoms with van der Waals surface area (Å²) in [6.07, 6.45) is -0.280. The van der Waals surface area contributed by atoms with E-state index < -0.39 is 5.60 Å². The maximum Gasteiger partial charge on any atom is 0.414 e. The molecular formula is C16H21Br2NO2. The monoisotopic (exact) mass is 417 g/mol. The molecule has 1 heterocycles. The Labute approximate surface area is 143 Å². The normalized spacial score (nSPS) is 16.8. The summed E-state index contributed by atoms with van der Waals surface area (Å²) in [5, 5.41) is 0.740. The molecule has 0 saturated carbocycles. The Bertz CT molecular complexity index is 576. The smallest absolute Gasteiger partial charge is 0.414 e. The molecular weight excluding hydrogens is 398 g/mol. The number of alkyl halides is 1. The van der Waals surface area contributed by atoms with E-state index in [1.54, 1.807) is 4.90 Å². The predicted molar refractivity (Wildman–Crippen MR) is 93.4 cm³/mol. The van der Waals surface area contributed by atoms with Gasteiger partial charge in [-0.3, -0.25) is 4.90 Å². The number of nitrogens with zero attached hydrogens (tertiary/aromatic N) is 1. The summed E-state index contributed by atoms with van der Waals surface area (Å²) >= 11 is 7.09. The number of benzene rings is 1. The maximum atomic E-state index is 12.5. The molecule has 3 nitrogen and oxygen atoms in total. The first-order chi connectivity index (χ1) is 9.55. The number of ether oxygens (including phenoxy) is 1. The maximum absolute atomic E-state index is 12.5. The summed E-state index contributed by atoms with van der Waals surface area (Å²) in [5.41, 5.74) is 2.67. The van der Waals surface area contributed by atoms with Gasteiger partial charge in [-0.05, 0) is 44.0 Å². The molecule has 1 aliphatic heterocycles. The standard InChI is InChI=1S/C16H21Br2NO2/c1-15(2,3)21-14(20)19-9-16(4,5)11-7-12(18)10(8-17)6-13(11)19/h6-7H,8-9H2,1-5H3. The number of carbonyl (C=O) groups excluding carboxylic acids is 1. The highest BCUT2D eigenvalue weighted by molar-refractivity contribution is 9.10. The van der Waals surface area contributed by atoms with Gasteiger partial charge in [-0.1, -0.05) is 45.7 Å². The molecule has 21 heavy (non-hydrogen) atoms. The van der Waals surface area contributed by atoms with Crippen LogP contribution in [-0.4, -0.2) is 18.2 Å². The van der Waals surface area contributed by atoms with E-state index in [1.165, 1.54) is 5.56 Å². The van der Waals surface area contributed by atoms with Crippen LogP contribution in [0.15, 0.2) is 16.6 Å². The minimum atomic E-state index is -0.488. The molecule has 1 aliphatic rings. The van der Waals surface area contributed by atoms with Crippen LogP contribution in [0, 0.1) is 0 Å². The Kier molecular flexibility index (Phi) is 4.47. The summed E-state index contributed by atoms with van der Waals surface area (Å²) in [7, 11) is 0. The van der Waals surface area contributed by atoms with Crippen LogP contribution in [0.5, 0.6) is 0 Å². The Balaban J connectivity index is 2.44. The van der Waals surface area contributed by atoms with Crippen LogP contribution >= 0.6 is 31.9 Å². The molecule has 1 aromatic rings. The van der Waals surface area contributed by atoms with Crippen LogP contribution in [0.2, 0.25) is 0 Å². The minimum absolute atomic E-state index is 0.0837. The molecule has 1 amide bonds. The lowest BCUT2D eigenvalue weighted by Crippen LogP contribution is -2.38. The van der Waals surface area contributed by atoms with E-state index in [0.717, 1.165) is 21.1 Å². The lowest BCUT2D eigenvalue weighted by molar-refractivity contribution is 0.0579. The molecule has 0 radical (unpaired) electrons. The summed E-state index contributed by atoms with van der Waals surface area (Å²) in [6, 6.07) is 4.18. The van der Waals surface area contributed by atoms with Crippen LogP contribution < -0.4 is 4.90 Å². The third-order valence-corrected chi connectivity index (χ3v) is 4.84. The molecule has 0 unspecified atom stereocenters. The van der Waals surface area contributed by atoms with Gasteiger partial charge in [0, 0.05) is 21.8 Å². The number of rotatable bonds is 1. The van der Waals surface area contributed by atoms with E-state index in [-0.39, 0.29) is 11.5 Å². The van der Waals surface area contributed by atoms with Gasteiger partial charge in [-0.15, -0.1) is 0 Å². The summed E-state index contributed by atoms with van der Waals surface area (Å²) < 4.78 is 6.61. The number of anilines is 1. The molecule has 0 N–H and O–H groups in total. The molecule has 116 valence electrons. The van der Waals surface area contributed by atoms with Crippen molar-refractivity contribution in [3.8, 4) is 0 Å². The number of hydrogen-bond acceptors (Lipinski definition) is 2. The molecule has 0 fully saturated rings. The molecule has 5 heteroatoms. The lowest BCUT2D eigenvalue weighted by Gasteiger charge is -2.26. The van der Waals surface area contributed by atoms with Crippen molar-refractivity contribution in [3.63, 3.8) is 0 Å².